The summed E-state index contributed by atoms with van der Waals surface area (Å²) in [6.45, 7) is 0.640. The summed E-state index contributed by atoms with van der Waals surface area (Å²) in [7, 11) is 1.01. The SMILES string of the molecule is COC(=O)CC(O)(CC(=O)O)C(=O)O.NCc1ccccc1. The Bertz CT molecular complexity index is 503. The van der Waals surface area contributed by atoms with Crippen LogP contribution in [0.2, 0.25) is 0 Å². The number of ether oxygens (including phenoxy) is 1. The lowest BCUT2D eigenvalue weighted by molar-refractivity contribution is -0.171. The van der Waals surface area contributed by atoms with E-state index >= 15 is 0 Å². The molecule has 0 saturated carbocycles. The van der Waals surface area contributed by atoms with Gasteiger partial charge in [-0.2, -0.15) is 0 Å². The molecule has 0 aliphatic heterocycles. The minimum absolute atomic E-state index is 0.640. The zero-order valence-corrected chi connectivity index (χ0v) is 12.1. The summed E-state index contributed by atoms with van der Waals surface area (Å²) >= 11 is 0. The molecular formula is C14H19NO7. The Morgan fingerprint density at radius 3 is 2.00 bits per heavy atom. The Labute approximate surface area is 127 Å². The minimum atomic E-state index is -2.61. The molecule has 1 aromatic carbocycles. The van der Waals surface area contributed by atoms with Gasteiger partial charge in [-0.3, -0.25) is 9.59 Å². The zero-order valence-electron chi connectivity index (χ0n) is 12.1. The predicted molar refractivity (Wildman–Crippen MR) is 75.8 cm³/mol. The number of rotatable bonds is 6. The third-order valence-corrected chi connectivity index (χ3v) is 2.58. The van der Waals surface area contributed by atoms with Crippen molar-refractivity contribution in [1.29, 1.82) is 0 Å². The van der Waals surface area contributed by atoms with Crippen LogP contribution in [0.15, 0.2) is 30.3 Å². The number of aliphatic carboxylic acids is 2. The summed E-state index contributed by atoms with van der Waals surface area (Å²) in [5.41, 5.74) is 3.93. The lowest BCUT2D eigenvalue weighted by Gasteiger charge is -2.19. The monoisotopic (exact) mass is 313 g/mol. The van der Waals surface area contributed by atoms with Crippen molar-refractivity contribution < 1.29 is 34.4 Å². The first-order chi connectivity index (χ1) is 10.2. The van der Waals surface area contributed by atoms with Crippen molar-refractivity contribution in [3.8, 4) is 0 Å². The smallest absolute Gasteiger partial charge is 0.336 e. The summed E-state index contributed by atoms with van der Waals surface area (Å²) in [5, 5.41) is 26.1. The van der Waals surface area contributed by atoms with Gasteiger partial charge >= 0.3 is 17.9 Å². The van der Waals surface area contributed by atoms with Crippen LogP contribution < -0.4 is 5.73 Å². The van der Waals surface area contributed by atoms with E-state index in [2.05, 4.69) is 4.74 Å². The topological polar surface area (TPSA) is 147 Å². The maximum Gasteiger partial charge on any atom is 0.336 e. The molecule has 5 N–H and O–H groups in total. The third kappa shape index (κ3) is 7.36. The molecule has 1 aromatic rings. The van der Waals surface area contributed by atoms with E-state index in [1.165, 1.54) is 5.56 Å². The lowest BCUT2D eigenvalue weighted by atomic mass is 9.96. The first-order valence-corrected chi connectivity index (χ1v) is 6.23. The molecule has 0 spiro atoms. The lowest BCUT2D eigenvalue weighted by Crippen LogP contribution is -2.42. The number of methoxy groups -OCH3 is 1. The molecule has 0 amide bonds. The van der Waals surface area contributed by atoms with E-state index in [4.69, 9.17) is 15.9 Å². The van der Waals surface area contributed by atoms with Crippen LogP contribution in [0.5, 0.6) is 0 Å². The fraction of sp³-hybridized carbons (Fsp3) is 0.357. The van der Waals surface area contributed by atoms with E-state index in [1.807, 2.05) is 30.3 Å². The Balaban J connectivity index is 0.000000461. The highest BCUT2D eigenvalue weighted by atomic mass is 16.5. The van der Waals surface area contributed by atoms with Crippen LogP contribution in [-0.4, -0.2) is 45.9 Å². The highest BCUT2D eigenvalue weighted by Gasteiger charge is 2.41. The first kappa shape index (κ1) is 19.6. The van der Waals surface area contributed by atoms with Crippen LogP contribution >= 0.6 is 0 Å². The summed E-state index contributed by atoms with van der Waals surface area (Å²) in [4.78, 5) is 31.4. The van der Waals surface area contributed by atoms with Crippen LogP contribution in [0.1, 0.15) is 18.4 Å². The van der Waals surface area contributed by atoms with E-state index in [-0.39, 0.29) is 0 Å². The van der Waals surface area contributed by atoms with Gasteiger partial charge in [0, 0.05) is 6.54 Å². The fourth-order valence-electron chi connectivity index (χ4n) is 1.39. The van der Waals surface area contributed by atoms with Crippen LogP contribution in [0.3, 0.4) is 0 Å². The number of nitrogens with two attached hydrogens (primary N) is 1. The third-order valence-electron chi connectivity index (χ3n) is 2.58. The van der Waals surface area contributed by atoms with Crippen LogP contribution in [0, 0.1) is 0 Å². The molecule has 0 bridgehead atoms. The van der Waals surface area contributed by atoms with Crippen LogP contribution in [0.25, 0.3) is 0 Å². The quantitative estimate of drug-likeness (QED) is 0.536. The molecule has 0 heterocycles. The van der Waals surface area contributed by atoms with Crippen LogP contribution in [0.4, 0.5) is 0 Å². The standard InChI is InChI=1S/C7H9N.C7H10O7/c8-6-7-4-2-1-3-5-7;1-14-5(10)3-7(13,6(11)12)2-4(8)9/h1-5H,6,8H2;13H,2-3H2,1H3,(H,8,9)(H,11,12). The Kier molecular flexibility index (Phi) is 8.42. The molecule has 8 heteroatoms. The first-order valence-electron chi connectivity index (χ1n) is 6.23. The number of carbonyl (C=O) groups is 3. The van der Waals surface area contributed by atoms with Gasteiger partial charge in [0.1, 0.15) is 0 Å². The number of aliphatic hydroxyl groups is 1. The number of esters is 1. The second kappa shape index (κ2) is 9.48. The zero-order chi connectivity index (χ0) is 17.2. The van der Waals surface area contributed by atoms with Crippen LogP contribution in [-0.2, 0) is 25.7 Å². The van der Waals surface area contributed by atoms with Gasteiger partial charge in [-0.15, -0.1) is 0 Å². The number of carboxylic acids is 2. The van der Waals surface area contributed by atoms with E-state index in [0.717, 1.165) is 7.11 Å². The molecule has 1 atom stereocenters. The molecule has 122 valence electrons. The maximum atomic E-state index is 10.7. The van der Waals surface area contributed by atoms with Gasteiger partial charge in [-0.1, -0.05) is 30.3 Å². The van der Waals surface area contributed by atoms with E-state index < -0.39 is 36.4 Å². The predicted octanol–water partition coefficient (Wildman–Crippen LogP) is -0.0148. The molecule has 0 fully saturated rings. The largest absolute Gasteiger partial charge is 0.481 e. The fourth-order valence-corrected chi connectivity index (χ4v) is 1.39. The molecule has 0 radical (unpaired) electrons. The van der Waals surface area contributed by atoms with Gasteiger partial charge in [0.15, 0.2) is 5.60 Å². The van der Waals surface area contributed by atoms with E-state index in [9.17, 15) is 19.5 Å². The molecule has 0 aliphatic rings. The van der Waals surface area contributed by atoms with Crippen molar-refractivity contribution in [2.24, 2.45) is 5.73 Å². The normalized spacial score (nSPS) is 12.3. The molecule has 1 unspecified atom stereocenters. The molecule has 0 aromatic heterocycles. The molecule has 8 nitrogen and oxygen atoms in total. The maximum absolute atomic E-state index is 10.7. The average Bonchev–Trinajstić information content (AvgIpc) is 2.47. The van der Waals surface area contributed by atoms with Gasteiger partial charge in [-0.25, -0.2) is 4.79 Å². The van der Waals surface area contributed by atoms with E-state index in [0.29, 0.717) is 6.54 Å². The van der Waals surface area contributed by atoms with Crippen molar-refractivity contribution in [3.63, 3.8) is 0 Å². The number of carbonyl (C=O) groups excluding carboxylic acids is 1. The van der Waals surface area contributed by atoms with Crippen molar-refractivity contribution >= 4 is 17.9 Å². The number of hydrogen-bond donors (Lipinski definition) is 4. The summed E-state index contributed by atoms with van der Waals surface area (Å²) in [6.07, 6.45) is -1.96. The van der Waals surface area contributed by atoms with Gasteiger partial charge in [0.2, 0.25) is 0 Å². The summed E-state index contributed by atoms with van der Waals surface area (Å²) in [6, 6.07) is 9.99. The Hall–Kier alpha value is -2.45. The summed E-state index contributed by atoms with van der Waals surface area (Å²) in [5.74, 6) is -4.28. The van der Waals surface area contributed by atoms with E-state index in [1.54, 1.807) is 0 Å². The molecule has 0 aliphatic carbocycles. The van der Waals surface area contributed by atoms with Gasteiger partial charge in [-0.05, 0) is 5.56 Å². The average molecular weight is 313 g/mol. The second-order valence-corrected chi connectivity index (χ2v) is 4.35. The molecule has 0 saturated heterocycles. The second-order valence-electron chi connectivity index (χ2n) is 4.35. The number of carboxylic acid groups (broad SMARTS) is 2. The molecule has 22 heavy (non-hydrogen) atoms. The van der Waals surface area contributed by atoms with Crippen molar-refractivity contribution in [3.05, 3.63) is 35.9 Å². The minimum Gasteiger partial charge on any atom is -0.481 e. The van der Waals surface area contributed by atoms with Crippen molar-refractivity contribution in [1.82, 2.24) is 0 Å². The Morgan fingerprint density at radius 2 is 1.68 bits per heavy atom. The highest BCUT2D eigenvalue weighted by molar-refractivity contribution is 5.88. The number of benzene rings is 1. The Morgan fingerprint density at radius 1 is 1.14 bits per heavy atom. The number of hydrogen-bond acceptors (Lipinski definition) is 6. The van der Waals surface area contributed by atoms with Gasteiger partial charge < -0.3 is 25.8 Å². The van der Waals surface area contributed by atoms with Crippen molar-refractivity contribution in [2.45, 2.75) is 25.0 Å². The van der Waals surface area contributed by atoms with Gasteiger partial charge in [0.05, 0.1) is 20.0 Å². The van der Waals surface area contributed by atoms with Gasteiger partial charge in [0.25, 0.3) is 0 Å². The molecule has 1 rings (SSSR count). The molecular weight excluding hydrogens is 294 g/mol. The highest BCUT2D eigenvalue weighted by Crippen LogP contribution is 2.16. The summed E-state index contributed by atoms with van der Waals surface area (Å²) < 4.78 is 4.12. The van der Waals surface area contributed by atoms with Crippen molar-refractivity contribution in [2.75, 3.05) is 7.11 Å².